The Morgan fingerprint density at radius 2 is 2.05 bits per heavy atom. The Hall–Kier alpha value is -3.03. The molecule has 1 N–H and O–H groups in total. The molecule has 3 rings (SSSR count). The molecule has 0 saturated heterocycles. The number of hydrogen-bond acceptors (Lipinski definition) is 5. The standard InChI is InChI=1S/C14H14N6O2/c1-9-6-10(2)20(16-9)12-5-3-4-11(7-12)14-15-18-19(17-14)8-13(21)22/h3-7H,8H2,1-2H3,(H,21,22). The van der Waals surface area contributed by atoms with Crippen LogP contribution in [0.4, 0.5) is 0 Å². The van der Waals surface area contributed by atoms with Crippen LogP contribution in [0.2, 0.25) is 0 Å². The lowest BCUT2D eigenvalue weighted by molar-refractivity contribution is -0.138. The minimum absolute atomic E-state index is 0.315. The topological polar surface area (TPSA) is 98.7 Å². The van der Waals surface area contributed by atoms with E-state index in [0.29, 0.717) is 5.82 Å². The van der Waals surface area contributed by atoms with Gasteiger partial charge in [-0.3, -0.25) is 4.79 Å². The fourth-order valence-corrected chi connectivity index (χ4v) is 2.21. The van der Waals surface area contributed by atoms with Crippen molar-refractivity contribution in [3.63, 3.8) is 0 Å². The van der Waals surface area contributed by atoms with Crippen molar-refractivity contribution in [3.05, 3.63) is 41.7 Å². The maximum Gasteiger partial charge on any atom is 0.327 e. The smallest absolute Gasteiger partial charge is 0.327 e. The van der Waals surface area contributed by atoms with Gasteiger partial charge in [0.25, 0.3) is 0 Å². The first-order valence-corrected chi connectivity index (χ1v) is 6.66. The fraction of sp³-hybridized carbons (Fsp3) is 0.214. The number of rotatable bonds is 4. The SMILES string of the molecule is Cc1cc(C)n(-c2cccc(-c3nnn(CC(=O)O)n3)c2)n1. The Balaban J connectivity index is 1.96. The Labute approximate surface area is 126 Å². The second-order valence-corrected chi connectivity index (χ2v) is 4.93. The van der Waals surface area contributed by atoms with Gasteiger partial charge in [-0.2, -0.15) is 9.90 Å². The molecule has 2 aromatic heterocycles. The van der Waals surface area contributed by atoms with Crippen molar-refractivity contribution in [1.82, 2.24) is 30.0 Å². The third-order valence-corrected chi connectivity index (χ3v) is 3.09. The highest BCUT2D eigenvalue weighted by Gasteiger charge is 2.10. The molecule has 0 aliphatic rings. The summed E-state index contributed by atoms with van der Waals surface area (Å²) < 4.78 is 1.83. The third-order valence-electron chi connectivity index (χ3n) is 3.09. The summed E-state index contributed by atoms with van der Waals surface area (Å²) in [5, 5.41) is 24.9. The van der Waals surface area contributed by atoms with Crippen LogP contribution in [0.15, 0.2) is 30.3 Å². The van der Waals surface area contributed by atoms with Crippen LogP contribution in [0.5, 0.6) is 0 Å². The predicted molar refractivity (Wildman–Crippen MR) is 77.5 cm³/mol. The van der Waals surface area contributed by atoms with E-state index in [0.717, 1.165) is 27.4 Å². The molecule has 0 atom stereocenters. The molecule has 0 unspecified atom stereocenters. The van der Waals surface area contributed by atoms with Crippen molar-refractivity contribution >= 4 is 5.97 Å². The molecule has 1 aromatic carbocycles. The van der Waals surface area contributed by atoms with E-state index in [9.17, 15) is 4.79 Å². The van der Waals surface area contributed by atoms with Crippen molar-refractivity contribution in [3.8, 4) is 17.1 Å². The van der Waals surface area contributed by atoms with E-state index in [1.165, 1.54) is 0 Å². The highest BCUT2D eigenvalue weighted by molar-refractivity contribution is 5.66. The quantitative estimate of drug-likeness (QED) is 0.777. The number of benzene rings is 1. The van der Waals surface area contributed by atoms with Gasteiger partial charge in [0, 0.05) is 11.3 Å². The molecule has 0 radical (unpaired) electrons. The second kappa shape index (κ2) is 5.40. The van der Waals surface area contributed by atoms with E-state index in [4.69, 9.17) is 5.11 Å². The van der Waals surface area contributed by atoms with Gasteiger partial charge in [-0.15, -0.1) is 10.2 Å². The molecule has 8 nitrogen and oxygen atoms in total. The Morgan fingerprint density at radius 3 is 2.73 bits per heavy atom. The number of aromatic nitrogens is 6. The van der Waals surface area contributed by atoms with E-state index in [1.54, 1.807) is 0 Å². The third kappa shape index (κ3) is 2.71. The Morgan fingerprint density at radius 1 is 1.23 bits per heavy atom. The molecule has 0 fully saturated rings. The molecule has 0 aliphatic carbocycles. The van der Waals surface area contributed by atoms with Crippen molar-refractivity contribution in [2.24, 2.45) is 0 Å². The highest BCUT2D eigenvalue weighted by Crippen LogP contribution is 2.19. The molecule has 8 heteroatoms. The molecule has 0 bridgehead atoms. The zero-order valence-corrected chi connectivity index (χ0v) is 12.1. The first kappa shape index (κ1) is 13.9. The molecule has 0 aliphatic heterocycles. The first-order valence-electron chi connectivity index (χ1n) is 6.66. The Bertz CT molecular complexity index is 835. The molecular weight excluding hydrogens is 284 g/mol. The van der Waals surface area contributed by atoms with Gasteiger partial charge in [0.2, 0.25) is 5.82 Å². The minimum Gasteiger partial charge on any atom is -0.480 e. The zero-order valence-electron chi connectivity index (χ0n) is 12.1. The maximum atomic E-state index is 10.7. The molecule has 0 spiro atoms. The lowest BCUT2D eigenvalue weighted by atomic mass is 10.2. The number of aliphatic carboxylic acids is 1. The lowest BCUT2D eigenvalue weighted by Crippen LogP contribution is -2.11. The average Bonchev–Trinajstić information content (AvgIpc) is 3.05. The van der Waals surface area contributed by atoms with Gasteiger partial charge >= 0.3 is 5.97 Å². The van der Waals surface area contributed by atoms with E-state index in [1.807, 2.05) is 48.9 Å². The van der Waals surface area contributed by atoms with Crippen LogP contribution in [-0.2, 0) is 11.3 Å². The summed E-state index contributed by atoms with van der Waals surface area (Å²) in [6.07, 6.45) is 0. The summed E-state index contributed by atoms with van der Waals surface area (Å²) in [6.45, 7) is 3.60. The van der Waals surface area contributed by atoms with Crippen molar-refractivity contribution in [2.45, 2.75) is 20.4 Å². The molecule has 22 heavy (non-hydrogen) atoms. The number of carbonyl (C=O) groups is 1. The maximum absolute atomic E-state index is 10.7. The number of aryl methyl sites for hydroxylation is 2. The van der Waals surface area contributed by atoms with Crippen LogP contribution in [0, 0.1) is 13.8 Å². The summed E-state index contributed by atoms with van der Waals surface area (Å²) in [5.41, 5.74) is 3.60. The lowest BCUT2D eigenvalue weighted by Gasteiger charge is -2.05. The number of carboxylic acid groups (broad SMARTS) is 1. The van der Waals surface area contributed by atoms with Gasteiger partial charge in [-0.25, -0.2) is 4.68 Å². The molecule has 2 heterocycles. The van der Waals surface area contributed by atoms with E-state index in [2.05, 4.69) is 20.5 Å². The van der Waals surface area contributed by atoms with E-state index >= 15 is 0 Å². The molecule has 0 amide bonds. The summed E-state index contributed by atoms with van der Waals surface area (Å²) >= 11 is 0. The number of nitrogens with zero attached hydrogens (tertiary/aromatic N) is 6. The summed E-state index contributed by atoms with van der Waals surface area (Å²) in [4.78, 5) is 11.7. The van der Waals surface area contributed by atoms with Crippen LogP contribution in [0.25, 0.3) is 17.1 Å². The average molecular weight is 298 g/mol. The monoisotopic (exact) mass is 298 g/mol. The number of tetrazole rings is 1. The van der Waals surface area contributed by atoms with E-state index < -0.39 is 5.97 Å². The molecular formula is C14H14N6O2. The molecule has 3 aromatic rings. The predicted octanol–water partition coefficient (Wildman–Crippen LogP) is 1.23. The number of hydrogen-bond donors (Lipinski definition) is 1. The highest BCUT2D eigenvalue weighted by atomic mass is 16.4. The van der Waals surface area contributed by atoms with Gasteiger partial charge in [-0.05, 0) is 37.3 Å². The Kier molecular flexibility index (Phi) is 3.42. The molecule has 0 saturated carbocycles. The van der Waals surface area contributed by atoms with Gasteiger partial charge < -0.3 is 5.11 Å². The van der Waals surface area contributed by atoms with Crippen LogP contribution >= 0.6 is 0 Å². The first-order chi connectivity index (χ1) is 10.5. The summed E-state index contributed by atoms with van der Waals surface area (Å²) in [7, 11) is 0. The van der Waals surface area contributed by atoms with Gasteiger partial charge in [0.15, 0.2) is 6.54 Å². The van der Waals surface area contributed by atoms with Crippen molar-refractivity contribution < 1.29 is 9.90 Å². The van der Waals surface area contributed by atoms with E-state index in [-0.39, 0.29) is 6.54 Å². The normalized spacial score (nSPS) is 10.8. The zero-order chi connectivity index (χ0) is 15.7. The van der Waals surface area contributed by atoms with Gasteiger partial charge in [-0.1, -0.05) is 12.1 Å². The van der Waals surface area contributed by atoms with Gasteiger partial charge in [0.05, 0.1) is 11.4 Å². The van der Waals surface area contributed by atoms with Crippen LogP contribution < -0.4 is 0 Å². The van der Waals surface area contributed by atoms with Crippen molar-refractivity contribution in [1.29, 1.82) is 0 Å². The molecule has 112 valence electrons. The van der Waals surface area contributed by atoms with Crippen LogP contribution in [0.1, 0.15) is 11.4 Å². The van der Waals surface area contributed by atoms with Crippen LogP contribution in [-0.4, -0.2) is 41.1 Å². The second-order valence-electron chi connectivity index (χ2n) is 4.93. The minimum atomic E-state index is -1.01. The van der Waals surface area contributed by atoms with Crippen LogP contribution in [0.3, 0.4) is 0 Å². The largest absolute Gasteiger partial charge is 0.480 e. The summed E-state index contributed by atoms with van der Waals surface area (Å²) in [6, 6.07) is 9.54. The number of carboxylic acids is 1. The van der Waals surface area contributed by atoms with Gasteiger partial charge in [0.1, 0.15) is 0 Å². The fourth-order valence-electron chi connectivity index (χ4n) is 2.21. The van der Waals surface area contributed by atoms with Crippen molar-refractivity contribution in [2.75, 3.05) is 0 Å². The summed E-state index contributed by atoms with van der Waals surface area (Å²) in [5.74, 6) is -0.634.